The van der Waals surface area contributed by atoms with Crippen LogP contribution in [0.25, 0.3) is 11.0 Å². The molecule has 0 unspecified atom stereocenters. The largest absolute Gasteiger partial charge is 0.477 e. The van der Waals surface area contributed by atoms with Crippen molar-refractivity contribution in [3.63, 3.8) is 0 Å². The Morgan fingerprint density at radius 3 is 2.79 bits per heavy atom. The number of pyridine rings is 2. The lowest BCUT2D eigenvalue weighted by Gasteiger charge is -2.25. The molecule has 156 valence electrons. The summed E-state index contributed by atoms with van der Waals surface area (Å²) in [7, 11) is 0. The predicted molar refractivity (Wildman–Crippen MR) is 102 cm³/mol. The highest BCUT2D eigenvalue weighted by Gasteiger charge is 2.41. The van der Waals surface area contributed by atoms with Crippen molar-refractivity contribution in [2.75, 3.05) is 31.1 Å². The molecule has 2 N–H and O–H groups in total. The number of ether oxygens (including phenoxy) is 1. The lowest BCUT2D eigenvalue weighted by atomic mass is 10.2. The summed E-state index contributed by atoms with van der Waals surface area (Å²) in [4.78, 5) is 30.0. The first kappa shape index (κ1) is 20.0. The van der Waals surface area contributed by atoms with Gasteiger partial charge in [-0.1, -0.05) is 0 Å². The van der Waals surface area contributed by atoms with Gasteiger partial charge in [0.1, 0.15) is 17.4 Å². The molecule has 0 spiro atoms. The van der Waals surface area contributed by atoms with Crippen molar-refractivity contribution in [2.24, 2.45) is 0 Å². The number of aromatic carboxylic acids is 1. The number of halogens is 3. The maximum atomic E-state index is 14.9. The quantitative estimate of drug-likeness (QED) is 0.756. The normalized spacial score (nSPS) is 28.1. The van der Waals surface area contributed by atoms with Crippen LogP contribution in [0.1, 0.15) is 22.8 Å². The number of hydrogen-bond acceptors (Lipinski definition) is 6. The second-order valence-electron chi connectivity index (χ2n) is 7.44. The second-order valence-corrected chi connectivity index (χ2v) is 7.44. The van der Waals surface area contributed by atoms with Crippen LogP contribution in [0.2, 0.25) is 0 Å². The molecule has 0 bridgehead atoms. The molecule has 4 atom stereocenters. The van der Waals surface area contributed by atoms with E-state index in [2.05, 4.69) is 10.3 Å². The molecule has 0 amide bonds. The number of anilines is 1. The van der Waals surface area contributed by atoms with Crippen molar-refractivity contribution in [3.05, 3.63) is 33.9 Å². The molecule has 2 aromatic heterocycles. The summed E-state index contributed by atoms with van der Waals surface area (Å²) in [6, 6.07) is 0.466. The van der Waals surface area contributed by atoms with Crippen molar-refractivity contribution >= 4 is 35.2 Å². The fourth-order valence-corrected chi connectivity index (χ4v) is 4.07. The van der Waals surface area contributed by atoms with Crippen molar-refractivity contribution in [2.45, 2.75) is 30.8 Å². The van der Waals surface area contributed by atoms with Gasteiger partial charge in [-0.3, -0.25) is 4.79 Å². The zero-order valence-electron chi connectivity index (χ0n) is 15.2. The molecule has 5 rings (SSSR count). The summed E-state index contributed by atoms with van der Waals surface area (Å²) >= 11 is 0. The Hall–Kier alpha value is -2.30. The molecule has 2 saturated heterocycles. The molecule has 4 heterocycles. The summed E-state index contributed by atoms with van der Waals surface area (Å²) < 4.78 is 35.6. The van der Waals surface area contributed by atoms with Gasteiger partial charge in [-0.25, -0.2) is 18.6 Å². The van der Waals surface area contributed by atoms with Crippen molar-refractivity contribution in [3.8, 4) is 0 Å². The molecule has 11 heteroatoms. The summed E-state index contributed by atoms with van der Waals surface area (Å²) in [5, 5.41) is 12.4. The Kier molecular flexibility index (Phi) is 4.96. The van der Waals surface area contributed by atoms with E-state index in [9.17, 15) is 23.5 Å². The lowest BCUT2D eigenvalue weighted by Crippen LogP contribution is -2.47. The molecule has 29 heavy (non-hydrogen) atoms. The van der Waals surface area contributed by atoms with E-state index in [0.29, 0.717) is 19.7 Å². The van der Waals surface area contributed by atoms with Crippen LogP contribution in [0, 0.1) is 5.82 Å². The number of carboxylic acids is 1. The lowest BCUT2D eigenvalue weighted by molar-refractivity contribution is 0.0212. The Morgan fingerprint density at radius 2 is 2.14 bits per heavy atom. The van der Waals surface area contributed by atoms with Gasteiger partial charge in [-0.05, 0) is 6.07 Å². The third-order valence-corrected chi connectivity index (χ3v) is 5.61. The van der Waals surface area contributed by atoms with Crippen LogP contribution in [0.15, 0.2) is 17.1 Å². The highest BCUT2D eigenvalue weighted by Crippen LogP contribution is 2.40. The Labute approximate surface area is 169 Å². The zero-order valence-corrected chi connectivity index (χ0v) is 16.0. The fraction of sp³-hybridized carbons (Fsp3) is 0.500. The van der Waals surface area contributed by atoms with E-state index in [1.165, 1.54) is 4.57 Å². The molecule has 8 nitrogen and oxygen atoms in total. The minimum atomic E-state index is -1.44. The SMILES string of the molecule is Cl.O=C(O)c1cn([C@@H]2C[C@@H]2F)c2nc(N3C[C@@H]4NCCO[C@@H]4C3)c(F)cc2c1=O. The number of nitrogens with one attached hydrogen (secondary N) is 1. The average Bonchev–Trinajstić information content (AvgIpc) is 3.23. The number of alkyl halides is 1. The number of carbonyl (C=O) groups is 1. The maximum absolute atomic E-state index is 14.9. The van der Waals surface area contributed by atoms with Gasteiger partial charge in [0, 0.05) is 32.3 Å². The van der Waals surface area contributed by atoms with Crippen molar-refractivity contribution in [1.82, 2.24) is 14.9 Å². The standard InChI is InChI=1S/C18H18F2N4O4.ClH/c19-10-4-13(10)24-5-9(18(26)27)15(25)8-3-11(20)17(22-16(8)24)23-6-12-14(7-23)28-2-1-21-12;/h3,5,10,12-14,21H,1-2,4,6-7H2,(H,26,27);1H/t10-,12-,13+,14+;/m0./s1. The van der Waals surface area contributed by atoms with Gasteiger partial charge in [-0.2, -0.15) is 0 Å². The van der Waals surface area contributed by atoms with Gasteiger partial charge in [-0.15, -0.1) is 12.4 Å². The molecule has 0 aromatic carbocycles. The number of carboxylic acid groups (broad SMARTS) is 1. The molecule has 0 radical (unpaired) electrons. The van der Waals surface area contributed by atoms with E-state index < -0.39 is 35.0 Å². The van der Waals surface area contributed by atoms with Gasteiger partial charge in [0.25, 0.3) is 0 Å². The summed E-state index contributed by atoms with van der Waals surface area (Å²) in [6.07, 6.45) is 0.0907. The second kappa shape index (κ2) is 7.19. The maximum Gasteiger partial charge on any atom is 0.341 e. The topological polar surface area (TPSA) is 96.7 Å². The third-order valence-electron chi connectivity index (χ3n) is 5.61. The Bertz CT molecular complexity index is 1030. The average molecular weight is 429 g/mol. The summed E-state index contributed by atoms with van der Waals surface area (Å²) in [5.41, 5.74) is -1.25. The molecular formula is C18H19ClF2N4O4. The van der Waals surface area contributed by atoms with Crippen molar-refractivity contribution in [1.29, 1.82) is 0 Å². The van der Waals surface area contributed by atoms with Crippen LogP contribution in [0.4, 0.5) is 14.6 Å². The van der Waals surface area contributed by atoms with E-state index in [4.69, 9.17) is 4.74 Å². The first-order valence-corrected chi connectivity index (χ1v) is 9.16. The number of aromatic nitrogens is 2. The van der Waals surface area contributed by atoms with E-state index in [-0.39, 0.29) is 47.8 Å². The van der Waals surface area contributed by atoms with Crippen LogP contribution < -0.4 is 15.6 Å². The Morgan fingerprint density at radius 1 is 1.38 bits per heavy atom. The molecular weight excluding hydrogens is 410 g/mol. The minimum Gasteiger partial charge on any atom is -0.477 e. The van der Waals surface area contributed by atoms with E-state index >= 15 is 0 Å². The number of nitrogens with zero attached hydrogens (tertiary/aromatic N) is 3. The molecule has 2 aliphatic heterocycles. The smallest absolute Gasteiger partial charge is 0.341 e. The first-order valence-electron chi connectivity index (χ1n) is 9.16. The molecule has 1 aliphatic carbocycles. The molecule has 3 aliphatic rings. The number of fused-ring (bicyclic) bond motifs is 2. The third kappa shape index (κ3) is 3.24. The van der Waals surface area contributed by atoms with E-state index in [1.54, 1.807) is 4.90 Å². The highest BCUT2D eigenvalue weighted by molar-refractivity contribution is 5.92. The van der Waals surface area contributed by atoms with Gasteiger partial charge in [0.05, 0.1) is 30.2 Å². The zero-order chi connectivity index (χ0) is 19.6. The van der Waals surface area contributed by atoms with E-state index in [0.717, 1.165) is 18.8 Å². The van der Waals surface area contributed by atoms with Gasteiger partial charge >= 0.3 is 5.97 Å². The van der Waals surface area contributed by atoms with Gasteiger partial charge < -0.3 is 24.6 Å². The highest BCUT2D eigenvalue weighted by atomic mass is 35.5. The Balaban J connectivity index is 0.00000205. The van der Waals surface area contributed by atoms with Gasteiger partial charge in [0.2, 0.25) is 5.43 Å². The van der Waals surface area contributed by atoms with Crippen LogP contribution >= 0.6 is 12.4 Å². The molecule has 3 fully saturated rings. The fourth-order valence-electron chi connectivity index (χ4n) is 4.07. The summed E-state index contributed by atoms with van der Waals surface area (Å²) in [6.45, 7) is 2.24. The van der Waals surface area contributed by atoms with Crippen molar-refractivity contribution < 1.29 is 23.4 Å². The van der Waals surface area contributed by atoms with Crippen LogP contribution in [-0.4, -0.2) is 65.2 Å². The monoisotopic (exact) mass is 428 g/mol. The van der Waals surface area contributed by atoms with Gasteiger partial charge in [0.15, 0.2) is 11.6 Å². The van der Waals surface area contributed by atoms with Crippen LogP contribution in [0.5, 0.6) is 0 Å². The summed E-state index contributed by atoms with van der Waals surface area (Å²) in [5.74, 6) is -2.10. The molecule has 2 aromatic rings. The number of morpholine rings is 1. The first-order chi connectivity index (χ1) is 13.4. The number of hydrogen-bond donors (Lipinski definition) is 2. The predicted octanol–water partition coefficient (Wildman–Crippen LogP) is 1.12. The molecule has 1 saturated carbocycles. The van der Waals surface area contributed by atoms with Crippen LogP contribution in [-0.2, 0) is 4.74 Å². The van der Waals surface area contributed by atoms with Crippen LogP contribution in [0.3, 0.4) is 0 Å². The van der Waals surface area contributed by atoms with E-state index in [1.807, 2.05) is 0 Å². The minimum absolute atomic E-state index is 0. The number of rotatable bonds is 3.